The van der Waals surface area contributed by atoms with Crippen LogP contribution in [0.3, 0.4) is 0 Å². The van der Waals surface area contributed by atoms with Crippen LogP contribution in [0, 0.1) is 0 Å². The van der Waals surface area contributed by atoms with Gasteiger partial charge < -0.3 is 0 Å². The van der Waals surface area contributed by atoms with Crippen molar-refractivity contribution in [3.05, 3.63) is 59.7 Å². The van der Waals surface area contributed by atoms with Crippen LogP contribution in [-0.4, -0.2) is 0 Å². The number of aryl methyl sites for hydroxylation is 1. The lowest BCUT2D eigenvalue weighted by Crippen LogP contribution is -1.99. The van der Waals surface area contributed by atoms with Crippen molar-refractivity contribution in [3.63, 3.8) is 0 Å². The highest BCUT2D eigenvalue weighted by molar-refractivity contribution is 5.68. The van der Waals surface area contributed by atoms with Crippen molar-refractivity contribution in [1.82, 2.24) is 0 Å². The Morgan fingerprint density at radius 3 is 1.71 bits per heavy atom. The molecule has 0 aliphatic rings. The van der Waals surface area contributed by atoms with Gasteiger partial charge in [0.1, 0.15) is 0 Å². The van der Waals surface area contributed by atoms with Gasteiger partial charge in [0.25, 0.3) is 0 Å². The van der Waals surface area contributed by atoms with Crippen LogP contribution in [0.4, 0.5) is 0 Å². The molecule has 0 atom stereocenters. The molecule has 0 nitrogen and oxygen atoms in total. The Bertz CT molecular complexity index is 626. The molecule has 0 aliphatic carbocycles. The molecule has 0 aliphatic heterocycles. The molecule has 0 heteroatoms. The van der Waals surface area contributed by atoms with E-state index in [4.69, 9.17) is 0 Å². The van der Waals surface area contributed by atoms with Crippen LogP contribution in [0.1, 0.15) is 102 Å². The molecule has 0 spiro atoms. The summed E-state index contributed by atoms with van der Waals surface area (Å²) in [5.41, 5.74) is 6.08. The molecular formula is C28H42. The molecule has 0 fully saturated rings. The van der Waals surface area contributed by atoms with Crippen molar-refractivity contribution in [3.8, 4) is 11.1 Å². The van der Waals surface area contributed by atoms with Crippen LogP contribution in [0.25, 0.3) is 11.1 Å². The lowest BCUT2D eigenvalue weighted by atomic mass is 9.89. The molecule has 0 bridgehead atoms. The van der Waals surface area contributed by atoms with Crippen molar-refractivity contribution in [2.24, 2.45) is 0 Å². The summed E-state index contributed by atoms with van der Waals surface area (Å²) in [6.45, 7) is 4.59. The molecule has 154 valence electrons. The predicted molar refractivity (Wildman–Crippen MR) is 126 cm³/mol. The van der Waals surface area contributed by atoms with Crippen LogP contribution in [0.5, 0.6) is 0 Å². The topological polar surface area (TPSA) is 0 Å². The Labute approximate surface area is 174 Å². The summed E-state index contributed by atoms with van der Waals surface area (Å²) in [6, 6.07) is 18.0. The molecule has 0 aromatic heterocycles. The lowest BCUT2D eigenvalue weighted by molar-refractivity contribution is 0.599. The van der Waals surface area contributed by atoms with E-state index in [-0.39, 0.29) is 0 Å². The summed E-state index contributed by atoms with van der Waals surface area (Å²) < 4.78 is 0. The van der Waals surface area contributed by atoms with Crippen LogP contribution < -0.4 is 0 Å². The quantitative estimate of drug-likeness (QED) is 0.271. The number of unbranched alkanes of at least 4 members (excludes halogenated alkanes) is 10. The molecule has 0 saturated heterocycles. The van der Waals surface area contributed by atoms with Gasteiger partial charge in [-0.1, -0.05) is 127 Å². The third-order valence-electron chi connectivity index (χ3n) is 5.94. The van der Waals surface area contributed by atoms with Gasteiger partial charge in [0, 0.05) is 0 Å². The number of hydrogen-bond donors (Lipinski definition) is 0. The van der Waals surface area contributed by atoms with E-state index in [0.717, 1.165) is 0 Å². The fourth-order valence-corrected chi connectivity index (χ4v) is 4.23. The SMILES string of the molecule is CCCCCCCCc1cccc(-c2ccccc2)c1CCCCCCCC. The normalized spacial score (nSPS) is 11.1. The summed E-state index contributed by atoms with van der Waals surface area (Å²) in [6.07, 6.45) is 19.0. The maximum absolute atomic E-state index is 2.39. The van der Waals surface area contributed by atoms with Crippen LogP contribution in [0.15, 0.2) is 48.5 Å². The summed E-state index contributed by atoms with van der Waals surface area (Å²) >= 11 is 0. The monoisotopic (exact) mass is 378 g/mol. The maximum atomic E-state index is 2.39. The van der Waals surface area contributed by atoms with E-state index in [9.17, 15) is 0 Å². The highest BCUT2D eigenvalue weighted by atomic mass is 14.1. The Morgan fingerprint density at radius 2 is 1.07 bits per heavy atom. The molecular weight excluding hydrogens is 336 g/mol. The van der Waals surface area contributed by atoms with Crippen molar-refractivity contribution in [2.45, 2.75) is 104 Å². The van der Waals surface area contributed by atoms with Gasteiger partial charge in [0.05, 0.1) is 0 Å². The van der Waals surface area contributed by atoms with Crippen LogP contribution in [-0.2, 0) is 12.8 Å². The first-order valence-corrected chi connectivity index (χ1v) is 12.0. The van der Waals surface area contributed by atoms with Crippen molar-refractivity contribution in [2.75, 3.05) is 0 Å². The molecule has 2 aromatic rings. The van der Waals surface area contributed by atoms with E-state index in [1.165, 1.54) is 101 Å². The molecule has 0 N–H and O–H groups in total. The summed E-state index contributed by atoms with van der Waals surface area (Å²) in [5.74, 6) is 0. The third-order valence-corrected chi connectivity index (χ3v) is 5.94. The first kappa shape index (κ1) is 22.7. The molecule has 0 saturated carbocycles. The average Bonchev–Trinajstić information content (AvgIpc) is 2.74. The zero-order chi connectivity index (χ0) is 19.9. The summed E-state index contributed by atoms with van der Waals surface area (Å²) in [4.78, 5) is 0. The Hall–Kier alpha value is -1.56. The Kier molecular flexibility index (Phi) is 11.7. The maximum Gasteiger partial charge on any atom is -0.0149 e. The summed E-state index contributed by atoms with van der Waals surface area (Å²) in [7, 11) is 0. The predicted octanol–water partition coefficient (Wildman–Crippen LogP) is 9.16. The lowest BCUT2D eigenvalue weighted by Gasteiger charge is -2.16. The van der Waals surface area contributed by atoms with Gasteiger partial charge in [-0.2, -0.15) is 0 Å². The smallest absolute Gasteiger partial charge is 0.0149 e. The minimum absolute atomic E-state index is 1.24. The average molecular weight is 379 g/mol. The molecule has 2 aromatic carbocycles. The number of hydrogen-bond acceptors (Lipinski definition) is 0. The van der Waals surface area contributed by atoms with Crippen molar-refractivity contribution >= 4 is 0 Å². The van der Waals surface area contributed by atoms with E-state index >= 15 is 0 Å². The van der Waals surface area contributed by atoms with Gasteiger partial charge in [-0.15, -0.1) is 0 Å². The highest BCUT2D eigenvalue weighted by Crippen LogP contribution is 2.29. The zero-order valence-corrected chi connectivity index (χ0v) is 18.5. The fraction of sp³-hybridized carbons (Fsp3) is 0.571. The van der Waals surface area contributed by atoms with E-state index < -0.39 is 0 Å². The van der Waals surface area contributed by atoms with Crippen LogP contribution >= 0.6 is 0 Å². The van der Waals surface area contributed by atoms with Crippen LogP contribution in [0.2, 0.25) is 0 Å². The van der Waals surface area contributed by atoms with Gasteiger partial charge in [0.2, 0.25) is 0 Å². The van der Waals surface area contributed by atoms with Gasteiger partial charge in [-0.3, -0.25) is 0 Å². The van der Waals surface area contributed by atoms with E-state index in [0.29, 0.717) is 0 Å². The number of rotatable bonds is 15. The second-order valence-corrected chi connectivity index (χ2v) is 8.34. The highest BCUT2D eigenvalue weighted by Gasteiger charge is 2.10. The first-order chi connectivity index (χ1) is 13.9. The second kappa shape index (κ2) is 14.4. The zero-order valence-electron chi connectivity index (χ0n) is 18.5. The van der Waals surface area contributed by atoms with Gasteiger partial charge >= 0.3 is 0 Å². The second-order valence-electron chi connectivity index (χ2n) is 8.34. The molecule has 28 heavy (non-hydrogen) atoms. The largest absolute Gasteiger partial charge is 0.0654 e. The van der Waals surface area contributed by atoms with Gasteiger partial charge in [-0.25, -0.2) is 0 Å². The molecule has 0 radical (unpaired) electrons. The van der Waals surface area contributed by atoms with E-state index in [1.54, 1.807) is 11.1 Å². The Balaban J connectivity index is 2.01. The Morgan fingerprint density at radius 1 is 0.500 bits per heavy atom. The molecule has 0 amide bonds. The molecule has 0 unspecified atom stereocenters. The van der Waals surface area contributed by atoms with Gasteiger partial charge in [-0.05, 0) is 47.9 Å². The minimum Gasteiger partial charge on any atom is -0.0654 e. The first-order valence-electron chi connectivity index (χ1n) is 12.0. The van der Waals surface area contributed by atoms with E-state index in [1.807, 2.05) is 0 Å². The van der Waals surface area contributed by atoms with E-state index in [2.05, 4.69) is 62.4 Å². The van der Waals surface area contributed by atoms with Crippen molar-refractivity contribution < 1.29 is 0 Å². The third kappa shape index (κ3) is 8.21. The fourth-order valence-electron chi connectivity index (χ4n) is 4.23. The summed E-state index contributed by atoms with van der Waals surface area (Å²) in [5, 5.41) is 0. The van der Waals surface area contributed by atoms with Crippen molar-refractivity contribution in [1.29, 1.82) is 0 Å². The molecule has 2 rings (SSSR count). The minimum atomic E-state index is 1.24. The van der Waals surface area contributed by atoms with Gasteiger partial charge in [0.15, 0.2) is 0 Å². The molecule has 0 heterocycles. The number of benzene rings is 2. The standard InChI is InChI=1S/C28H42/c1-3-5-7-9-11-14-19-26-22-18-24-28(25-20-15-13-16-21-25)27(26)23-17-12-10-8-6-4-2/h13,15-16,18,20-22,24H,3-12,14,17,19,23H2,1-2H3.